The van der Waals surface area contributed by atoms with Crippen LogP contribution in [0.15, 0.2) is 16.9 Å². The Morgan fingerprint density at radius 1 is 1.78 bits per heavy atom. The lowest BCUT2D eigenvalue weighted by Gasteiger charge is -1.88. The number of hydrogen-bond donors (Lipinski definition) is 1. The van der Waals surface area contributed by atoms with E-state index in [0.717, 1.165) is 10.2 Å². The highest BCUT2D eigenvalue weighted by atomic mass is 79.9. The second-order valence-electron chi connectivity index (χ2n) is 1.94. The van der Waals surface area contributed by atoms with Gasteiger partial charge in [-0.2, -0.15) is 0 Å². The van der Waals surface area contributed by atoms with E-state index in [1.807, 2.05) is 23.9 Å². The molecule has 0 bridgehead atoms. The van der Waals surface area contributed by atoms with Crippen molar-refractivity contribution in [3.05, 3.63) is 22.4 Å². The van der Waals surface area contributed by atoms with Crippen LogP contribution in [-0.4, -0.2) is 9.67 Å². The van der Waals surface area contributed by atoms with Crippen LogP contribution in [0.4, 0.5) is 0 Å². The monoisotopic (exact) mass is 189 g/mol. The van der Waals surface area contributed by atoms with Crippen molar-refractivity contribution in [3.63, 3.8) is 0 Å². The summed E-state index contributed by atoms with van der Waals surface area (Å²) in [6.07, 6.45) is 1.88. The van der Waals surface area contributed by atoms with Gasteiger partial charge in [-0.25, -0.2) is 0 Å². The number of rotatable bonds is 1. The minimum atomic E-state index is 0.111. The third-order valence-electron chi connectivity index (χ3n) is 1.18. The summed E-state index contributed by atoms with van der Waals surface area (Å²) in [6.45, 7) is 0.111. The number of aliphatic hydroxyl groups is 1. The van der Waals surface area contributed by atoms with E-state index in [4.69, 9.17) is 5.11 Å². The number of aryl methyl sites for hydroxylation is 1. The van der Waals surface area contributed by atoms with Crippen LogP contribution in [-0.2, 0) is 13.7 Å². The van der Waals surface area contributed by atoms with Gasteiger partial charge >= 0.3 is 0 Å². The Morgan fingerprint density at radius 3 is 2.67 bits per heavy atom. The second kappa shape index (κ2) is 2.54. The lowest BCUT2D eigenvalue weighted by Crippen LogP contribution is -1.82. The fraction of sp³-hybridized carbons (Fsp3) is 0.333. The smallest absolute Gasteiger partial charge is 0.0847 e. The van der Waals surface area contributed by atoms with E-state index in [-0.39, 0.29) is 6.61 Å². The summed E-state index contributed by atoms with van der Waals surface area (Å²) in [5.41, 5.74) is 0.935. The number of nitrogens with zero attached hydrogens (tertiary/aromatic N) is 1. The van der Waals surface area contributed by atoms with E-state index in [1.54, 1.807) is 0 Å². The van der Waals surface area contributed by atoms with E-state index in [1.165, 1.54) is 0 Å². The van der Waals surface area contributed by atoms with Crippen LogP contribution >= 0.6 is 15.9 Å². The van der Waals surface area contributed by atoms with Gasteiger partial charge in [0.15, 0.2) is 0 Å². The van der Waals surface area contributed by atoms with E-state index in [2.05, 4.69) is 15.9 Å². The molecule has 0 aliphatic rings. The van der Waals surface area contributed by atoms with Crippen LogP contribution in [0.2, 0.25) is 0 Å². The molecular weight excluding hydrogens is 182 g/mol. The maximum atomic E-state index is 8.64. The lowest BCUT2D eigenvalue weighted by atomic mass is 10.4. The predicted molar refractivity (Wildman–Crippen MR) is 39.0 cm³/mol. The number of aliphatic hydroxyl groups excluding tert-OH is 1. The number of halogens is 1. The Balaban J connectivity index is 2.98. The molecule has 0 aliphatic heterocycles. The summed E-state index contributed by atoms with van der Waals surface area (Å²) in [4.78, 5) is 0. The van der Waals surface area contributed by atoms with Crippen LogP contribution in [0.25, 0.3) is 0 Å². The Labute approximate surface area is 62.2 Å². The van der Waals surface area contributed by atoms with Gasteiger partial charge in [0.05, 0.1) is 11.2 Å². The lowest BCUT2D eigenvalue weighted by molar-refractivity contribution is 0.282. The summed E-state index contributed by atoms with van der Waals surface area (Å²) in [6, 6.07) is 1.89. The molecule has 0 aliphatic carbocycles. The molecule has 1 N–H and O–H groups in total. The van der Waals surface area contributed by atoms with Crippen LogP contribution in [0.5, 0.6) is 0 Å². The molecule has 1 rings (SSSR count). The maximum absolute atomic E-state index is 8.64. The van der Waals surface area contributed by atoms with Gasteiger partial charge in [-0.15, -0.1) is 0 Å². The zero-order chi connectivity index (χ0) is 6.85. The minimum absolute atomic E-state index is 0.111. The normalized spacial score (nSPS) is 10.1. The fourth-order valence-electron chi connectivity index (χ4n) is 0.689. The highest BCUT2D eigenvalue weighted by Crippen LogP contribution is 2.12. The average molecular weight is 190 g/mol. The molecule has 0 atom stereocenters. The third-order valence-corrected chi connectivity index (χ3v) is 1.97. The zero-order valence-electron chi connectivity index (χ0n) is 5.13. The van der Waals surface area contributed by atoms with E-state index in [9.17, 15) is 0 Å². The third kappa shape index (κ3) is 1.34. The van der Waals surface area contributed by atoms with Gasteiger partial charge in [0, 0.05) is 13.2 Å². The molecule has 1 aromatic rings. The van der Waals surface area contributed by atoms with Gasteiger partial charge in [0.25, 0.3) is 0 Å². The molecule has 0 saturated heterocycles. The molecule has 0 amide bonds. The SMILES string of the molecule is Cn1cc(CO)cc1Br. The first-order valence-electron chi connectivity index (χ1n) is 2.65. The quantitative estimate of drug-likeness (QED) is 0.708. The van der Waals surface area contributed by atoms with E-state index < -0.39 is 0 Å². The molecule has 3 heteroatoms. The van der Waals surface area contributed by atoms with Crippen molar-refractivity contribution in [1.29, 1.82) is 0 Å². The molecule has 2 nitrogen and oxygen atoms in total. The van der Waals surface area contributed by atoms with Crippen LogP contribution in [0.3, 0.4) is 0 Å². The summed E-state index contributed by atoms with van der Waals surface area (Å²) in [5, 5.41) is 8.64. The Hall–Kier alpha value is -0.280. The van der Waals surface area contributed by atoms with E-state index >= 15 is 0 Å². The molecule has 0 aromatic carbocycles. The van der Waals surface area contributed by atoms with Crippen molar-refractivity contribution in [2.45, 2.75) is 6.61 Å². The first kappa shape index (κ1) is 6.83. The molecule has 1 aromatic heterocycles. The van der Waals surface area contributed by atoms with Crippen LogP contribution < -0.4 is 0 Å². The molecule has 0 fully saturated rings. The summed E-state index contributed by atoms with van der Waals surface area (Å²) < 4.78 is 2.90. The Kier molecular flexibility index (Phi) is 1.93. The van der Waals surface area contributed by atoms with Crippen molar-refractivity contribution in [2.24, 2.45) is 7.05 Å². The van der Waals surface area contributed by atoms with Crippen molar-refractivity contribution < 1.29 is 5.11 Å². The molecular formula is C6H8BrNO. The van der Waals surface area contributed by atoms with Gasteiger partial charge < -0.3 is 9.67 Å². The first-order chi connectivity index (χ1) is 4.24. The van der Waals surface area contributed by atoms with Crippen molar-refractivity contribution in [1.82, 2.24) is 4.57 Å². The Bertz CT molecular complexity index is 187. The van der Waals surface area contributed by atoms with Crippen LogP contribution in [0, 0.1) is 0 Å². The topological polar surface area (TPSA) is 25.2 Å². The van der Waals surface area contributed by atoms with Gasteiger partial charge in [-0.05, 0) is 27.6 Å². The molecule has 0 saturated carbocycles. The van der Waals surface area contributed by atoms with Crippen LogP contribution in [0.1, 0.15) is 5.56 Å². The standard InChI is InChI=1S/C6H8BrNO/c1-8-3-5(4-9)2-6(8)7/h2-3,9H,4H2,1H3. The largest absolute Gasteiger partial charge is 0.392 e. The van der Waals surface area contributed by atoms with Crippen molar-refractivity contribution >= 4 is 15.9 Å². The second-order valence-corrected chi connectivity index (χ2v) is 2.75. The molecule has 0 unspecified atom stereocenters. The van der Waals surface area contributed by atoms with Gasteiger partial charge in [0.2, 0.25) is 0 Å². The first-order valence-corrected chi connectivity index (χ1v) is 3.45. The van der Waals surface area contributed by atoms with Crippen molar-refractivity contribution in [2.75, 3.05) is 0 Å². The maximum Gasteiger partial charge on any atom is 0.0847 e. The molecule has 9 heavy (non-hydrogen) atoms. The summed E-state index contributed by atoms with van der Waals surface area (Å²) in [7, 11) is 1.92. The fourth-order valence-corrected chi connectivity index (χ4v) is 1.09. The molecule has 50 valence electrons. The number of aromatic nitrogens is 1. The Morgan fingerprint density at radius 2 is 2.44 bits per heavy atom. The zero-order valence-corrected chi connectivity index (χ0v) is 6.72. The van der Waals surface area contributed by atoms with Gasteiger partial charge in [0.1, 0.15) is 0 Å². The summed E-state index contributed by atoms with van der Waals surface area (Å²) in [5.74, 6) is 0. The van der Waals surface area contributed by atoms with E-state index in [0.29, 0.717) is 0 Å². The van der Waals surface area contributed by atoms with Crippen molar-refractivity contribution in [3.8, 4) is 0 Å². The molecule has 1 heterocycles. The van der Waals surface area contributed by atoms with Gasteiger partial charge in [-0.1, -0.05) is 0 Å². The highest BCUT2D eigenvalue weighted by molar-refractivity contribution is 9.10. The minimum Gasteiger partial charge on any atom is -0.392 e. The molecule has 0 spiro atoms. The highest BCUT2D eigenvalue weighted by Gasteiger charge is 1.96. The predicted octanol–water partition coefficient (Wildman–Crippen LogP) is 1.28. The molecule has 0 radical (unpaired) electrons. The van der Waals surface area contributed by atoms with Gasteiger partial charge in [-0.3, -0.25) is 0 Å². The average Bonchev–Trinajstić information content (AvgIpc) is 2.13. The number of hydrogen-bond acceptors (Lipinski definition) is 1. The summed E-state index contributed by atoms with van der Waals surface area (Å²) >= 11 is 3.31.